The molecule has 3 rings (SSSR count). The Morgan fingerprint density at radius 2 is 2.19 bits per heavy atom. The van der Waals surface area contributed by atoms with Crippen LogP contribution in [0.4, 0.5) is 0 Å². The Morgan fingerprint density at radius 3 is 2.95 bits per heavy atom. The first-order valence-corrected chi connectivity index (χ1v) is 6.75. The number of aromatic nitrogens is 4. The molecule has 0 saturated heterocycles. The van der Waals surface area contributed by atoms with Gasteiger partial charge in [0.05, 0.1) is 17.9 Å². The summed E-state index contributed by atoms with van der Waals surface area (Å²) >= 11 is 5.80. The molecule has 0 aliphatic carbocycles. The van der Waals surface area contributed by atoms with Crippen LogP contribution in [-0.2, 0) is 0 Å². The Bertz CT molecular complexity index is 786. The van der Waals surface area contributed by atoms with Gasteiger partial charge in [-0.3, -0.25) is 9.78 Å². The van der Waals surface area contributed by atoms with Gasteiger partial charge >= 0.3 is 0 Å². The molecule has 3 aromatic rings. The van der Waals surface area contributed by atoms with Gasteiger partial charge in [-0.25, -0.2) is 9.50 Å². The third-order valence-corrected chi connectivity index (χ3v) is 3.20. The number of carbonyl (C=O) groups excluding carboxylic acids is 1. The van der Waals surface area contributed by atoms with Crippen LogP contribution < -0.4 is 5.32 Å². The van der Waals surface area contributed by atoms with E-state index in [1.165, 1.54) is 4.52 Å². The summed E-state index contributed by atoms with van der Waals surface area (Å²) in [5.74, 6) is -0.283. The lowest BCUT2D eigenvalue weighted by Crippen LogP contribution is -2.27. The summed E-state index contributed by atoms with van der Waals surface area (Å²) in [5.41, 5.74) is 1.64. The molecule has 0 saturated carbocycles. The van der Waals surface area contributed by atoms with E-state index < -0.39 is 0 Å². The maximum Gasteiger partial charge on any atom is 0.272 e. The van der Waals surface area contributed by atoms with Crippen molar-refractivity contribution in [3.05, 3.63) is 59.3 Å². The topological polar surface area (TPSA) is 72.2 Å². The molecular formula is C14H12ClN5O. The first-order chi connectivity index (χ1) is 10.1. The maximum absolute atomic E-state index is 12.2. The minimum Gasteiger partial charge on any atom is -0.343 e. The Hall–Kier alpha value is -2.47. The number of hydrogen-bond acceptors (Lipinski definition) is 4. The molecule has 0 radical (unpaired) electrons. The molecular weight excluding hydrogens is 290 g/mol. The maximum atomic E-state index is 12.2. The number of carbonyl (C=O) groups is 1. The number of halogens is 1. The van der Waals surface area contributed by atoms with E-state index in [9.17, 15) is 4.79 Å². The van der Waals surface area contributed by atoms with Crippen molar-refractivity contribution in [3.63, 3.8) is 0 Å². The van der Waals surface area contributed by atoms with Gasteiger partial charge in [0.2, 0.25) is 0 Å². The minimum atomic E-state index is -0.283. The molecule has 106 valence electrons. The number of nitrogens with one attached hydrogen (secondary N) is 1. The first kappa shape index (κ1) is 13.5. The largest absolute Gasteiger partial charge is 0.343 e. The summed E-state index contributed by atoms with van der Waals surface area (Å²) in [4.78, 5) is 20.6. The summed E-state index contributed by atoms with van der Waals surface area (Å²) in [6.45, 7) is 1.87. The van der Waals surface area contributed by atoms with Crippen molar-refractivity contribution in [2.24, 2.45) is 0 Å². The summed E-state index contributed by atoms with van der Waals surface area (Å²) < 4.78 is 1.47. The zero-order valence-electron chi connectivity index (χ0n) is 11.2. The molecule has 7 heteroatoms. The van der Waals surface area contributed by atoms with Gasteiger partial charge < -0.3 is 5.32 Å². The number of pyridine rings is 1. The van der Waals surface area contributed by atoms with Crippen LogP contribution in [0, 0.1) is 0 Å². The quantitative estimate of drug-likeness (QED) is 0.805. The molecule has 0 spiro atoms. The highest BCUT2D eigenvalue weighted by atomic mass is 35.5. The highest BCUT2D eigenvalue weighted by molar-refractivity contribution is 6.29. The zero-order valence-corrected chi connectivity index (χ0v) is 11.9. The second-order valence-electron chi connectivity index (χ2n) is 4.53. The van der Waals surface area contributed by atoms with Crippen LogP contribution in [0.1, 0.15) is 29.1 Å². The summed E-state index contributed by atoms with van der Waals surface area (Å²) in [6, 6.07) is 8.68. The third kappa shape index (κ3) is 2.85. The zero-order chi connectivity index (χ0) is 14.8. The van der Waals surface area contributed by atoms with E-state index in [1.807, 2.05) is 25.1 Å². The molecule has 0 aromatic carbocycles. The normalized spacial score (nSPS) is 12.3. The van der Waals surface area contributed by atoms with Crippen LogP contribution in [0.3, 0.4) is 0 Å². The SMILES string of the molecule is CC(NC(=O)c1cn2nc(Cl)ccc2n1)c1ccccn1. The van der Waals surface area contributed by atoms with Crippen LogP contribution in [0.5, 0.6) is 0 Å². The van der Waals surface area contributed by atoms with Crippen molar-refractivity contribution < 1.29 is 4.79 Å². The summed E-state index contributed by atoms with van der Waals surface area (Å²) in [7, 11) is 0. The molecule has 0 aliphatic rings. The molecule has 21 heavy (non-hydrogen) atoms. The van der Waals surface area contributed by atoms with Crippen molar-refractivity contribution in [3.8, 4) is 0 Å². The molecule has 3 aromatic heterocycles. The van der Waals surface area contributed by atoms with Gasteiger partial charge in [0.25, 0.3) is 5.91 Å². The van der Waals surface area contributed by atoms with E-state index in [4.69, 9.17) is 11.6 Å². The lowest BCUT2D eigenvalue weighted by Gasteiger charge is -2.11. The standard InChI is InChI=1S/C14H12ClN5O/c1-9(10-4-2-3-7-16-10)17-14(21)11-8-20-13(18-11)6-5-12(15)19-20/h2-9H,1H3,(H,17,21). The number of fused-ring (bicyclic) bond motifs is 1. The Morgan fingerprint density at radius 1 is 1.33 bits per heavy atom. The van der Waals surface area contributed by atoms with E-state index in [1.54, 1.807) is 24.5 Å². The Kier molecular flexibility index (Phi) is 3.53. The van der Waals surface area contributed by atoms with Gasteiger partial charge in [-0.05, 0) is 31.2 Å². The van der Waals surface area contributed by atoms with Crippen LogP contribution in [0.15, 0.2) is 42.7 Å². The van der Waals surface area contributed by atoms with Crippen molar-refractivity contribution in [2.75, 3.05) is 0 Å². The number of hydrogen-bond donors (Lipinski definition) is 1. The summed E-state index contributed by atoms with van der Waals surface area (Å²) in [5, 5.41) is 7.23. The fraction of sp³-hybridized carbons (Fsp3) is 0.143. The number of imidazole rings is 1. The Balaban J connectivity index is 1.80. The smallest absolute Gasteiger partial charge is 0.272 e. The molecule has 1 unspecified atom stereocenters. The molecule has 1 amide bonds. The average molecular weight is 302 g/mol. The molecule has 0 fully saturated rings. The van der Waals surface area contributed by atoms with Crippen molar-refractivity contribution >= 4 is 23.2 Å². The van der Waals surface area contributed by atoms with Gasteiger partial charge in [0.1, 0.15) is 10.8 Å². The van der Waals surface area contributed by atoms with Gasteiger partial charge in [-0.15, -0.1) is 0 Å². The molecule has 0 aliphatic heterocycles. The fourth-order valence-electron chi connectivity index (χ4n) is 1.94. The van der Waals surface area contributed by atoms with Crippen molar-refractivity contribution in [2.45, 2.75) is 13.0 Å². The van der Waals surface area contributed by atoms with E-state index in [2.05, 4.69) is 20.4 Å². The fourth-order valence-corrected chi connectivity index (χ4v) is 2.09. The third-order valence-electron chi connectivity index (χ3n) is 3.00. The van der Waals surface area contributed by atoms with Crippen LogP contribution in [0.2, 0.25) is 5.15 Å². The monoisotopic (exact) mass is 301 g/mol. The first-order valence-electron chi connectivity index (χ1n) is 6.37. The van der Waals surface area contributed by atoms with Crippen LogP contribution in [-0.4, -0.2) is 25.5 Å². The molecule has 1 N–H and O–H groups in total. The van der Waals surface area contributed by atoms with E-state index in [-0.39, 0.29) is 17.6 Å². The van der Waals surface area contributed by atoms with E-state index >= 15 is 0 Å². The highest BCUT2D eigenvalue weighted by Crippen LogP contribution is 2.11. The average Bonchev–Trinajstić information content (AvgIpc) is 2.91. The predicted molar refractivity (Wildman–Crippen MR) is 78.1 cm³/mol. The lowest BCUT2D eigenvalue weighted by atomic mass is 10.2. The number of amides is 1. The summed E-state index contributed by atoms with van der Waals surface area (Å²) in [6.07, 6.45) is 3.23. The van der Waals surface area contributed by atoms with Gasteiger partial charge in [0, 0.05) is 6.20 Å². The highest BCUT2D eigenvalue weighted by Gasteiger charge is 2.15. The van der Waals surface area contributed by atoms with Crippen LogP contribution >= 0.6 is 11.6 Å². The van der Waals surface area contributed by atoms with E-state index in [0.717, 1.165) is 5.69 Å². The van der Waals surface area contributed by atoms with Gasteiger partial charge in [-0.2, -0.15) is 5.10 Å². The number of nitrogens with zero attached hydrogens (tertiary/aromatic N) is 4. The Labute approximate surface area is 125 Å². The predicted octanol–water partition coefficient (Wildman–Crippen LogP) is 2.27. The van der Waals surface area contributed by atoms with Gasteiger partial charge in [0.15, 0.2) is 5.65 Å². The second-order valence-corrected chi connectivity index (χ2v) is 4.92. The van der Waals surface area contributed by atoms with Crippen molar-refractivity contribution in [1.29, 1.82) is 0 Å². The second kappa shape index (κ2) is 5.49. The molecule has 1 atom stereocenters. The molecule has 0 bridgehead atoms. The lowest BCUT2D eigenvalue weighted by molar-refractivity contribution is 0.0934. The number of rotatable bonds is 3. The van der Waals surface area contributed by atoms with Crippen LogP contribution in [0.25, 0.3) is 5.65 Å². The molecule has 6 nitrogen and oxygen atoms in total. The van der Waals surface area contributed by atoms with Crippen molar-refractivity contribution in [1.82, 2.24) is 24.9 Å². The minimum absolute atomic E-state index is 0.208. The van der Waals surface area contributed by atoms with Gasteiger partial charge in [-0.1, -0.05) is 17.7 Å². The van der Waals surface area contributed by atoms with E-state index in [0.29, 0.717) is 10.8 Å². The molecule has 3 heterocycles.